The summed E-state index contributed by atoms with van der Waals surface area (Å²) in [7, 11) is 3.98. The number of rotatable bonds is 3. The molecule has 2 atom stereocenters. The van der Waals surface area contributed by atoms with Crippen molar-refractivity contribution in [3.05, 3.63) is 47.7 Å². The fourth-order valence-electron chi connectivity index (χ4n) is 4.83. The maximum Gasteiger partial charge on any atom is 0.132 e. The highest BCUT2D eigenvalue weighted by Crippen LogP contribution is 2.34. The fourth-order valence-corrected chi connectivity index (χ4v) is 4.83. The van der Waals surface area contributed by atoms with Gasteiger partial charge in [0.15, 0.2) is 0 Å². The highest BCUT2D eigenvalue weighted by Gasteiger charge is 2.32. The predicted octanol–water partition coefficient (Wildman–Crippen LogP) is 2.72. The molecule has 0 unspecified atom stereocenters. The molecule has 7 nitrogen and oxygen atoms in total. The Kier molecular flexibility index (Phi) is 7.48. The van der Waals surface area contributed by atoms with Crippen LogP contribution in [0.25, 0.3) is 0 Å². The van der Waals surface area contributed by atoms with Crippen LogP contribution < -0.4 is 4.90 Å². The Morgan fingerprint density at radius 1 is 1.00 bits per heavy atom. The molecule has 0 bridgehead atoms. The molecule has 0 spiro atoms. The van der Waals surface area contributed by atoms with E-state index in [0.29, 0.717) is 12.1 Å². The van der Waals surface area contributed by atoms with Crippen molar-refractivity contribution in [2.45, 2.75) is 44.8 Å². The molecule has 2 aliphatic heterocycles. The van der Waals surface area contributed by atoms with E-state index in [1.165, 1.54) is 30.5 Å². The third-order valence-electron chi connectivity index (χ3n) is 6.70. The molecule has 0 saturated carbocycles. The molecule has 1 aliphatic carbocycles. The van der Waals surface area contributed by atoms with Crippen LogP contribution in [0.5, 0.6) is 0 Å². The van der Waals surface area contributed by atoms with E-state index in [9.17, 15) is 0 Å². The number of hydrogen-bond donors (Lipinski definition) is 0. The molecule has 3 aliphatic rings. The molecule has 2 aromatic rings. The van der Waals surface area contributed by atoms with Crippen molar-refractivity contribution in [1.82, 2.24) is 24.8 Å². The predicted molar refractivity (Wildman–Crippen MR) is 123 cm³/mol. The third-order valence-corrected chi connectivity index (χ3v) is 6.70. The van der Waals surface area contributed by atoms with Crippen LogP contribution in [0.1, 0.15) is 42.4 Å². The molecule has 2 aromatic heterocycles. The monoisotopic (exact) mass is 424 g/mol. The molecule has 2 fully saturated rings. The number of methoxy groups -OCH3 is 1. The maximum absolute atomic E-state index is 5.46. The zero-order valence-corrected chi connectivity index (χ0v) is 19.2. The topological polar surface area (TPSA) is 57.6 Å². The van der Waals surface area contributed by atoms with Crippen LogP contribution in [0.3, 0.4) is 0 Å². The second-order valence-corrected chi connectivity index (χ2v) is 8.85. The van der Waals surface area contributed by atoms with Crippen molar-refractivity contribution < 1.29 is 4.74 Å². The van der Waals surface area contributed by atoms with Gasteiger partial charge in [0.2, 0.25) is 0 Å². The van der Waals surface area contributed by atoms with Gasteiger partial charge in [0.25, 0.3) is 0 Å². The van der Waals surface area contributed by atoms with E-state index in [0.717, 1.165) is 57.3 Å². The van der Waals surface area contributed by atoms with Crippen LogP contribution in [-0.2, 0) is 11.2 Å². The standard InChI is InChI=1S/C14H20N2O.C10H16N4/c1-17-12-7-9-16(10-12)13-6-2-4-11-5-3-8-15-14(11)13;1-9-11-4-3-10(12-9)14-7-5-13(2)6-8-14/h3,5,8,12-13H,2,4,6-7,9-10H2,1H3;3-4H,5-8H2,1-2H3/t12-,13-;/m1./s1. The maximum atomic E-state index is 5.46. The van der Waals surface area contributed by atoms with Gasteiger partial charge in [0.05, 0.1) is 17.8 Å². The Hall–Kier alpha value is -2.09. The summed E-state index contributed by atoms with van der Waals surface area (Å²) in [6, 6.07) is 6.81. The van der Waals surface area contributed by atoms with E-state index in [1.807, 2.05) is 32.5 Å². The Balaban J connectivity index is 0.000000152. The number of aryl methyl sites for hydroxylation is 2. The molecule has 0 amide bonds. The van der Waals surface area contributed by atoms with Gasteiger partial charge in [-0.3, -0.25) is 9.88 Å². The average Bonchev–Trinajstić information content (AvgIpc) is 3.29. The first kappa shape index (κ1) is 22.1. The number of pyridine rings is 1. The van der Waals surface area contributed by atoms with E-state index in [2.05, 4.69) is 48.8 Å². The molecule has 2 saturated heterocycles. The van der Waals surface area contributed by atoms with Crippen molar-refractivity contribution in [1.29, 1.82) is 0 Å². The molecule has 5 rings (SSSR count). The van der Waals surface area contributed by atoms with Crippen LogP contribution in [0.4, 0.5) is 5.82 Å². The van der Waals surface area contributed by atoms with Crippen molar-refractivity contribution in [3.8, 4) is 0 Å². The van der Waals surface area contributed by atoms with Crippen molar-refractivity contribution in [2.24, 2.45) is 0 Å². The molecule has 0 radical (unpaired) electrons. The van der Waals surface area contributed by atoms with Crippen LogP contribution in [0, 0.1) is 6.92 Å². The summed E-state index contributed by atoms with van der Waals surface area (Å²) in [4.78, 5) is 20.3. The van der Waals surface area contributed by atoms with Crippen LogP contribution in [-0.4, -0.2) is 84.3 Å². The summed E-state index contributed by atoms with van der Waals surface area (Å²) in [6.07, 6.45) is 9.08. The van der Waals surface area contributed by atoms with Gasteiger partial charge in [-0.15, -0.1) is 0 Å². The van der Waals surface area contributed by atoms with Gasteiger partial charge in [-0.25, -0.2) is 9.97 Å². The molecule has 0 aromatic carbocycles. The lowest BCUT2D eigenvalue weighted by atomic mass is 9.91. The van der Waals surface area contributed by atoms with Crippen LogP contribution >= 0.6 is 0 Å². The summed E-state index contributed by atoms with van der Waals surface area (Å²) >= 11 is 0. The molecule has 168 valence electrons. The normalized spacial score (nSPS) is 24.4. The number of likely N-dealkylation sites (N-methyl/N-ethyl adjacent to an activating group) is 1. The van der Waals surface area contributed by atoms with Crippen LogP contribution in [0.2, 0.25) is 0 Å². The number of fused-ring (bicyclic) bond motifs is 1. The lowest BCUT2D eigenvalue weighted by Crippen LogP contribution is -2.44. The lowest BCUT2D eigenvalue weighted by Gasteiger charge is -2.33. The Labute approximate surface area is 186 Å². The molecular weight excluding hydrogens is 388 g/mol. The number of ether oxygens (including phenoxy) is 1. The zero-order valence-electron chi connectivity index (χ0n) is 19.2. The van der Waals surface area contributed by atoms with Gasteiger partial charge >= 0.3 is 0 Å². The van der Waals surface area contributed by atoms with E-state index >= 15 is 0 Å². The minimum absolute atomic E-state index is 0.420. The number of anilines is 1. The summed E-state index contributed by atoms with van der Waals surface area (Å²) in [5.41, 5.74) is 2.76. The van der Waals surface area contributed by atoms with Gasteiger partial charge in [-0.1, -0.05) is 6.07 Å². The summed E-state index contributed by atoms with van der Waals surface area (Å²) < 4.78 is 5.46. The fraction of sp³-hybridized carbons (Fsp3) is 0.625. The van der Waals surface area contributed by atoms with Crippen molar-refractivity contribution in [3.63, 3.8) is 0 Å². The van der Waals surface area contributed by atoms with Crippen molar-refractivity contribution >= 4 is 5.82 Å². The number of likely N-dealkylation sites (tertiary alicyclic amines) is 1. The first-order valence-corrected chi connectivity index (χ1v) is 11.6. The summed E-state index contributed by atoms with van der Waals surface area (Å²) in [6.45, 7) is 8.50. The number of aromatic nitrogens is 3. The van der Waals surface area contributed by atoms with Gasteiger partial charge < -0.3 is 14.5 Å². The SMILES string of the molecule is CO[C@@H]1CCN([C@@H]2CCCc3cccnc32)C1.Cc1nccc(N2CCN(C)CC2)n1. The van der Waals surface area contributed by atoms with Gasteiger partial charge in [-0.2, -0.15) is 0 Å². The largest absolute Gasteiger partial charge is 0.380 e. The summed E-state index contributed by atoms with van der Waals surface area (Å²) in [5, 5.41) is 0. The number of nitrogens with zero attached hydrogens (tertiary/aromatic N) is 6. The minimum Gasteiger partial charge on any atom is -0.380 e. The van der Waals surface area contributed by atoms with Gasteiger partial charge in [0, 0.05) is 58.8 Å². The summed E-state index contributed by atoms with van der Waals surface area (Å²) in [5.74, 6) is 1.91. The molecule has 0 N–H and O–H groups in total. The lowest BCUT2D eigenvalue weighted by molar-refractivity contribution is 0.0980. The first-order valence-electron chi connectivity index (χ1n) is 11.6. The Morgan fingerprint density at radius 2 is 1.84 bits per heavy atom. The van der Waals surface area contributed by atoms with E-state index in [1.54, 1.807) is 0 Å². The number of hydrogen-bond acceptors (Lipinski definition) is 7. The molecular formula is C24H36N6O. The third kappa shape index (κ3) is 5.59. The highest BCUT2D eigenvalue weighted by atomic mass is 16.5. The van der Waals surface area contributed by atoms with E-state index in [-0.39, 0.29) is 0 Å². The highest BCUT2D eigenvalue weighted by molar-refractivity contribution is 5.37. The molecule has 4 heterocycles. The quantitative estimate of drug-likeness (QED) is 0.751. The second kappa shape index (κ2) is 10.5. The minimum atomic E-state index is 0.420. The Bertz CT molecular complexity index is 838. The van der Waals surface area contributed by atoms with Crippen LogP contribution in [0.15, 0.2) is 30.6 Å². The van der Waals surface area contributed by atoms with Gasteiger partial charge in [-0.05, 0) is 57.4 Å². The first-order chi connectivity index (χ1) is 15.1. The smallest absolute Gasteiger partial charge is 0.132 e. The molecule has 31 heavy (non-hydrogen) atoms. The van der Waals surface area contributed by atoms with Gasteiger partial charge in [0.1, 0.15) is 11.6 Å². The Morgan fingerprint density at radius 3 is 2.58 bits per heavy atom. The number of piperazine rings is 1. The molecule has 7 heteroatoms. The average molecular weight is 425 g/mol. The second-order valence-electron chi connectivity index (χ2n) is 8.85. The zero-order chi connectivity index (χ0) is 21.6. The van der Waals surface area contributed by atoms with E-state index < -0.39 is 0 Å². The van der Waals surface area contributed by atoms with Crippen molar-refractivity contribution in [2.75, 3.05) is 58.3 Å². The van der Waals surface area contributed by atoms with E-state index in [4.69, 9.17) is 4.74 Å².